The van der Waals surface area contributed by atoms with Crippen LogP contribution in [0.4, 0.5) is 4.79 Å². The molecule has 4 nitrogen and oxygen atoms in total. The Hall–Kier alpha value is -1.32. The van der Waals surface area contributed by atoms with E-state index in [1.807, 2.05) is 13.8 Å². The number of allylic oxidation sites excluding steroid dienone is 1. The first-order valence-electron chi connectivity index (χ1n) is 4.07. The lowest BCUT2D eigenvalue weighted by Crippen LogP contribution is -2.14. The summed E-state index contributed by atoms with van der Waals surface area (Å²) in [7, 11) is 0. The van der Waals surface area contributed by atoms with E-state index in [0.717, 1.165) is 6.08 Å². The Balaban J connectivity index is 3.68. The lowest BCUT2D eigenvalue weighted by Gasteiger charge is -2.04. The topological polar surface area (TPSA) is 52.6 Å². The molecule has 0 saturated carbocycles. The quantitative estimate of drug-likeness (QED) is 0.383. The Kier molecular flexibility index (Phi) is 5.59. The van der Waals surface area contributed by atoms with Crippen LogP contribution < -0.4 is 0 Å². The van der Waals surface area contributed by atoms with Gasteiger partial charge in [-0.15, -0.1) is 0 Å². The maximum absolute atomic E-state index is 10.7. The Morgan fingerprint density at radius 2 is 2.00 bits per heavy atom. The van der Waals surface area contributed by atoms with Crippen molar-refractivity contribution in [3.05, 3.63) is 12.2 Å². The van der Waals surface area contributed by atoms with Gasteiger partial charge in [-0.25, -0.2) is 9.59 Å². The average molecular weight is 186 g/mol. The molecule has 0 radical (unpaired) electrons. The van der Waals surface area contributed by atoms with Crippen LogP contribution in [-0.2, 0) is 14.3 Å². The van der Waals surface area contributed by atoms with E-state index in [-0.39, 0.29) is 12.5 Å². The van der Waals surface area contributed by atoms with Crippen molar-refractivity contribution in [2.75, 3.05) is 6.61 Å². The predicted molar refractivity (Wildman–Crippen MR) is 47.1 cm³/mol. The summed E-state index contributed by atoms with van der Waals surface area (Å²) in [5, 5.41) is 0. The minimum atomic E-state index is -0.947. The van der Waals surface area contributed by atoms with E-state index < -0.39 is 12.1 Å². The van der Waals surface area contributed by atoms with E-state index >= 15 is 0 Å². The van der Waals surface area contributed by atoms with Crippen molar-refractivity contribution < 1.29 is 19.1 Å². The van der Waals surface area contributed by atoms with Crippen LogP contribution in [0.15, 0.2) is 12.2 Å². The van der Waals surface area contributed by atoms with Gasteiger partial charge in [0.15, 0.2) is 0 Å². The van der Waals surface area contributed by atoms with Gasteiger partial charge in [0.25, 0.3) is 0 Å². The molecule has 4 heteroatoms. The fourth-order valence-corrected chi connectivity index (χ4v) is 0.516. The second-order valence-electron chi connectivity index (χ2n) is 2.88. The summed E-state index contributed by atoms with van der Waals surface area (Å²) in [6.07, 6.45) is 1.69. The van der Waals surface area contributed by atoms with Crippen molar-refractivity contribution in [3.8, 4) is 0 Å². The van der Waals surface area contributed by atoms with Crippen molar-refractivity contribution in [2.24, 2.45) is 5.92 Å². The number of ether oxygens (including phenoxy) is 2. The van der Waals surface area contributed by atoms with E-state index in [0.29, 0.717) is 0 Å². The summed E-state index contributed by atoms with van der Waals surface area (Å²) in [5.74, 6) is -0.486. The zero-order valence-corrected chi connectivity index (χ0v) is 8.07. The zero-order valence-electron chi connectivity index (χ0n) is 8.07. The SMILES string of the molecule is CC=CC(=O)OC(=O)OCC(C)C. The molecule has 74 valence electrons. The molecule has 0 bridgehead atoms. The molecule has 0 unspecified atom stereocenters. The molecule has 0 aromatic heterocycles. The Morgan fingerprint density at radius 1 is 1.38 bits per heavy atom. The first kappa shape index (κ1) is 11.7. The molecule has 0 amide bonds. The first-order valence-corrected chi connectivity index (χ1v) is 4.07. The number of hydrogen-bond donors (Lipinski definition) is 0. The summed E-state index contributed by atoms with van der Waals surface area (Å²) in [5.41, 5.74) is 0. The van der Waals surface area contributed by atoms with E-state index in [1.165, 1.54) is 6.08 Å². The van der Waals surface area contributed by atoms with Gasteiger partial charge in [-0.05, 0) is 12.8 Å². The van der Waals surface area contributed by atoms with Crippen LogP contribution in [0.2, 0.25) is 0 Å². The Morgan fingerprint density at radius 3 is 2.46 bits per heavy atom. The van der Waals surface area contributed by atoms with Gasteiger partial charge in [0, 0.05) is 6.08 Å². The third kappa shape index (κ3) is 7.05. The van der Waals surface area contributed by atoms with Crippen molar-refractivity contribution in [1.29, 1.82) is 0 Å². The Bertz CT molecular complexity index is 206. The summed E-state index contributed by atoms with van der Waals surface area (Å²) in [4.78, 5) is 21.4. The monoisotopic (exact) mass is 186 g/mol. The van der Waals surface area contributed by atoms with Gasteiger partial charge in [0.1, 0.15) is 0 Å². The van der Waals surface area contributed by atoms with Crippen LogP contribution in [0.5, 0.6) is 0 Å². The van der Waals surface area contributed by atoms with Crippen molar-refractivity contribution in [3.63, 3.8) is 0 Å². The number of carbonyl (C=O) groups excluding carboxylic acids is 2. The van der Waals surface area contributed by atoms with Crippen LogP contribution in [0.1, 0.15) is 20.8 Å². The molecular formula is C9H14O4. The highest BCUT2D eigenvalue weighted by Crippen LogP contribution is 1.95. The van der Waals surface area contributed by atoms with Crippen LogP contribution in [0.25, 0.3) is 0 Å². The molecule has 0 atom stereocenters. The van der Waals surface area contributed by atoms with Crippen molar-refractivity contribution in [2.45, 2.75) is 20.8 Å². The van der Waals surface area contributed by atoms with Gasteiger partial charge in [-0.3, -0.25) is 0 Å². The minimum Gasteiger partial charge on any atom is -0.434 e. The molecule has 0 rings (SSSR count). The highest BCUT2D eigenvalue weighted by Gasteiger charge is 2.08. The molecule has 0 spiro atoms. The maximum Gasteiger partial charge on any atom is 0.516 e. The fraction of sp³-hybridized carbons (Fsp3) is 0.556. The second-order valence-corrected chi connectivity index (χ2v) is 2.88. The molecule has 0 aromatic rings. The maximum atomic E-state index is 10.7. The van der Waals surface area contributed by atoms with E-state index in [2.05, 4.69) is 9.47 Å². The molecule has 0 heterocycles. The zero-order chi connectivity index (χ0) is 10.3. The Labute approximate surface area is 77.5 Å². The van der Waals surface area contributed by atoms with Crippen molar-refractivity contribution in [1.82, 2.24) is 0 Å². The van der Waals surface area contributed by atoms with E-state index in [4.69, 9.17) is 0 Å². The summed E-state index contributed by atoms with van der Waals surface area (Å²) in [6.45, 7) is 5.69. The standard InChI is InChI=1S/C9H14O4/c1-4-5-8(10)13-9(11)12-6-7(2)3/h4-5,7H,6H2,1-3H3. The molecule has 0 aliphatic rings. The van der Waals surface area contributed by atoms with Gasteiger partial charge < -0.3 is 9.47 Å². The number of rotatable bonds is 3. The van der Waals surface area contributed by atoms with Crippen LogP contribution in [0, 0.1) is 5.92 Å². The van der Waals surface area contributed by atoms with Gasteiger partial charge in [-0.1, -0.05) is 19.9 Å². The largest absolute Gasteiger partial charge is 0.516 e. The molecule has 0 aliphatic carbocycles. The number of esters is 1. The lowest BCUT2D eigenvalue weighted by molar-refractivity contribution is -0.134. The molecule has 0 aliphatic heterocycles. The van der Waals surface area contributed by atoms with E-state index in [9.17, 15) is 9.59 Å². The normalized spacial score (nSPS) is 10.5. The highest BCUT2D eigenvalue weighted by atomic mass is 16.7. The van der Waals surface area contributed by atoms with E-state index in [1.54, 1.807) is 6.92 Å². The molecule has 0 fully saturated rings. The molecule has 0 aromatic carbocycles. The molecule has 13 heavy (non-hydrogen) atoms. The third-order valence-corrected chi connectivity index (χ3v) is 1.02. The number of carbonyl (C=O) groups is 2. The summed E-state index contributed by atoms with van der Waals surface area (Å²) < 4.78 is 8.86. The average Bonchev–Trinajstić information content (AvgIpc) is 2.01. The minimum absolute atomic E-state index is 0.226. The third-order valence-electron chi connectivity index (χ3n) is 1.02. The molecule has 0 saturated heterocycles. The first-order chi connectivity index (χ1) is 6.06. The lowest BCUT2D eigenvalue weighted by atomic mass is 10.2. The summed E-state index contributed by atoms with van der Waals surface area (Å²) >= 11 is 0. The van der Waals surface area contributed by atoms with Gasteiger partial charge in [0.2, 0.25) is 0 Å². The smallest absolute Gasteiger partial charge is 0.434 e. The molecule has 0 N–H and O–H groups in total. The van der Waals surface area contributed by atoms with Gasteiger partial charge >= 0.3 is 12.1 Å². The van der Waals surface area contributed by atoms with Crippen molar-refractivity contribution >= 4 is 12.1 Å². The van der Waals surface area contributed by atoms with Crippen LogP contribution >= 0.6 is 0 Å². The van der Waals surface area contributed by atoms with Crippen LogP contribution in [0.3, 0.4) is 0 Å². The second kappa shape index (κ2) is 6.22. The molecular weight excluding hydrogens is 172 g/mol. The predicted octanol–water partition coefficient (Wildman–Crippen LogP) is 1.90. The highest BCUT2D eigenvalue weighted by molar-refractivity contribution is 5.89. The fourth-order valence-electron chi connectivity index (χ4n) is 0.516. The van der Waals surface area contributed by atoms with Crippen LogP contribution in [-0.4, -0.2) is 18.7 Å². The van der Waals surface area contributed by atoms with Gasteiger partial charge in [-0.2, -0.15) is 0 Å². The van der Waals surface area contributed by atoms with Gasteiger partial charge in [0.05, 0.1) is 6.61 Å². The summed E-state index contributed by atoms with van der Waals surface area (Å²) in [6, 6.07) is 0. The number of hydrogen-bond acceptors (Lipinski definition) is 4.